The van der Waals surface area contributed by atoms with Crippen LogP contribution in [-0.2, 0) is 11.2 Å². The third kappa shape index (κ3) is 4.39. The molecule has 5 nitrogen and oxygen atoms in total. The summed E-state index contributed by atoms with van der Waals surface area (Å²) >= 11 is 0. The van der Waals surface area contributed by atoms with Gasteiger partial charge in [0.2, 0.25) is 5.91 Å². The second kappa shape index (κ2) is 7.54. The molecule has 0 spiro atoms. The molecule has 1 aromatic heterocycles. The normalized spacial score (nSPS) is 11.6. The first-order chi connectivity index (χ1) is 11.0. The van der Waals surface area contributed by atoms with Crippen molar-refractivity contribution in [2.45, 2.75) is 26.3 Å². The molecule has 2 aromatic rings. The molecule has 0 saturated heterocycles. The number of ether oxygens (including phenoxy) is 1. The third-order valence-corrected chi connectivity index (χ3v) is 3.62. The molecule has 120 valence electrons. The van der Waals surface area contributed by atoms with Crippen molar-refractivity contribution in [1.82, 2.24) is 10.3 Å². The average molecular weight is 312 g/mol. The number of hydrogen-bond donors (Lipinski definition) is 1. The van der Waals surface area contributed by atoms with Gasteiger partial charge >= 0.3 is 0 Å². The summed E-state index contributed by atoms with van der Waals surface area (Å²) in [5.74, 6) is 0.425. The van der Waals surface area contributed by atoms with Gasteiger partial charge < -0.3 is 10.1 Å². The van der Waals surface area contributed by atoms with Crippen molar-refractivity contribution in [3.05, 3.63) is 59.4 Å². The molecule has 0 aliphatic carbocycles. The quantitative estimate of drug-likeness (QED) is 0.833. The molecular formula is C18H20N2O3. The zero-order valence-corrected chi connectivity index (χ0v) is 13.5. The molecule has 1 aromatic carbocycles. The van der Waals surface area contributed by atoms with E-state index >= 15 is 0 Å². The van der Waals surface area contributed by atoms with Crippen molar-refractivity contribution in [1.29, 1.82) is 0 Å². The lowest BCUT2D eigenvalue weighted by atomic mass is 10.0. The minimum atomic E-state index is -0.131. The lowest BCUT2D eigenvalue weighted by Gasteiger charge is -2.15. The largest absolute Gasteiger partial charge is 0.496 e. The summed E-state index contributed by atoms with van der Waals surface area (Å²) in [6.07, 6.45) is 3.54. The Bertz CT molecular complexity index is 699. The Balaban J connectivity index is 2.10. The first kappa shape index (κ1) is 16.7. The van der Waals surface area contributed by atoms with Crippen molar-refractivity contribution in [2.24, 2.45) is 0 Å². The Labute approximate surface area is 135 Å². The second-order valence-electron chi connectivity index (χ2n) is 5.33. The highest BCUT2D eigenvalue weighted by atomic mass is 16.5. The number of pyridine rings is 1. The van der Waals surface area contributed by atoms with Gasteiger partial charge in [0.05, 0.1) is 19.6 Å². The van der Waals surface area contributed by atoms with Crippen LogP contribution in [0.5, 0.6) is 5.75 Å². The Morgan fingerprint density at radius 3 is 2.52 bits per heavy atom. The highest BCUT2D eigenvalue weighted by Crippen LogP contribution is 2.21. The van der Waals surface area contributed by atoms with Crippen LogP contribution >= 0.6 is 0 Å². The van der Waals surface area contributed by atoms with Gasteiger partial charge in [0, 0.05) is 23.5 Å². The molecule has 0 bridgehead atoms. The Morgan fingerprint density at radius 2 is 1.91 bits per heavy atom. The molecule has 23 heavy (non-hydrogen) atoms. The Kier molecular flexibility index (Phi) is 5.46. The van der Waals surface area contributed by atoms with Crippen LogP contribution in [0.2, 0.25) is 0 Å². The number of benzene rings is 1. The maximum Gasteiger partial charge on any atom is 0.225 e. The minimum absolute atomic E-state index is 0.0422. The highest BCUT2D eigenvalue weighted by molar-refractivity contribution is 5.94. The van der Waals surface area contributed by atoms with Crippen LogP contribution in [0, 0.1) is 0 Å². The van der Waals surface area contributed by atoms with Crippen LogP contribution in [0.4, 0.5) is 0 Å². The molecule has 0 radical (unpaired) electrons. The molecule has 0 fully saturated rings. The number of nitrogens with one attached hydrogen (secondary N) is 1. The van der Waals surface area contributed by atoms with Crippen LogP contribution in [0.1, 0.15) is 41.4 Å². The summed E-state index contributed by atoms with van der Waals surface area (Å²) in [7, 11) is 1.55. The predicted octanol–water partition coefficient (Wildman–Crippen LogP) is 2.71. The molecule has 2 rings (SSSR count). The number of carbonyl (C=O) groups excluding carboxylic acids is 2. The van der Waals surface area contributed by atoms with E-state index in [9.17, 15) is 9.59 Å². The van der Waals surface area contributed by atoms with Gasteiger partial charge in [-0.15, -0.1) is 0 Å². The number of hydrogen-bond acceptors (Lipinski definition) is 4. The van der Waals surface area contributed by atoms with Gasteiger partial charge in [0.25, 0.3) is 0 Å². The predicted molar refractivity (Wildman–Crippen MR) is 87.5 cm³/mol. The number of Topliss-reactive ketones (excluding diaryl/α,β-unsaturated/α-hetero) is 1. The second-order valence-corrected chi connectivity index (χ2v) is 5.33. The van der Waals surface area contributed by atoms with E-state index < -0.39 is 0 Å². The molecule has 1 amide bonds. The summed E-state index contributed by atoms with van der Waals surface area (Å²) in [5.41, 5.74) is 2.24. The fourth-order valence-electron chi connectivity index (χ4n) is 2.34. The highest BCUT2D eigenvalue weighted by Gasteiger charge is 2.14. The Morgan fingerprint density at radius 1 is 1.22 bits per heavy atom. The number of rotatable bonds is 6. The van der Waals surface area contributed by atoms with Crippen LogP contribution in [0.3, 0.4) is 0 Å². The number of amides is 1. The summed E-state index contributed by atoms with van der Waals surface area (Å²) in [4.78, 5) is 27.7. The summed E-state index contributed by atoms with van der Waals surface area (Å²) in [6.45, 7) is 3.41. The lowest BCUT2D eigenvalue weighted by Crippen LogP contribution is -2.28. The van der Waals surface area contributed by atoms with Gasteiger partial charge in [-0.3, -0.25) is 14.6 Å². The van der Waals surface area contributed by atoms with E-state index in [1.165, 1.54) is 6.92 Å². The minimum Gasteiger partial charge on any atom is -0.496 e. The molecule has 1 N–H and O–H groups in total. The van der Waals surface area contributed by atoms with Crippen LogP contribution in [-0.4, -0.2) is 23.8 Å². The average Bonchev–Trinajstić information content (AvgIpc) is 2.55. The van der Waals surface area contributed by atoms with Crippen molar-refractivity contribution in [2.75, 3.05) is 7.11 Å². The molecule has 0 unspecified atom stereocenters. The molecule has 0 saturated carbocycles. The monoisotopic (exact) mass is 312 g/mol. The number of carbonyl (C=O) groups is 2. The Hall–Kier alpha value is -2.69. The third-order valence-electron chi connectivity index (χ3n) is 3.62. The smallest absolute Gasteiger partial charge is 0.225 e. The summed E-state index contributed by atoms with van der Waals surface area (Å²) in [6, 6.07) is 8.72. The van der Waals surface area contributed by atoms with E-state index in [0.717, 1.165) is 5.56 Å². The maximum atomic E-state index is 12.3. The molecule has 5 heteroatoms. The summed E-state index contributed by atoms with van der Waals surface area (Å²) in [5, 5.41) is 2.94. The SMILES string of the molecule is COc1ccc(C(C)=O)cc1CC(=O)N[C@H](C)c1ccncc1. The van der Waals surface area contributed by atoms with Gasteiger partial charge in [-0.1, -0.05) is 0 Å². The van der Waals surface area contributed by atoms with Gasteiger partial charge in [0.1, 0.15) is 5.75 Å². The van der Waals surface area contributed by atoms with Gasteiger partial charge in [-0.05, 0) is 49.7 Å². The van der Waals surface area contributed by atoms with E-state index in [1.807, 2.05) is 19.1 Å². The van der Waals surface area contributed by atoms with E-state index in [0.29, 0.717) is 16.9 Å². The van der Waals surface area contributed by atoms with Crippen LogP contribution in [0.25, 0.3) is 0 Å². The summed E-state index contributed by atoms with van der Waals surface area (Å²) < 4.78 is 5.27. The zero-order chi connectivity index (χ0) is 16.8. The first-order valence-electron chi connectivity index (χ1n) is 7.38. The molecule has 0 aliphatic heterocycles. The van der Waals surface area contributed by atoms with Gasteiger partial charge in [-0.25, -0.2) is 0 Å². The van der Waals surface area contributed by atoms with E-state index in [4.69, 9.17) is 4.74 Å². The molecule has 1 atom stereocenters. The van der Waals surface area contributed by atoms with E-state index in [-0.39, 0.29) is 24.2 Å². The number of nitrogens with zero attached hydrogens (tertiary/aromatic N) is 1. The van der Waals surface area contributed by atoms with Crippen LogP contribution in [0.15, 0.2) is 42.7 Å². The standard InChI is InChI=1S/C18H20N2O3/c1-12(14-6-8-19-9-7-14)20-18(22)11-16-10-15(13(2)21)4-5-17(16)23-3/h4-10,12H,11H2,1-3H3,(H,20,22)/t12-/m1/s1. The molecular weight excluding hydrogens is 292 g/mol. The number of methoxy groups -OCH3 is 1. The molecule has 1 heterocycles. The number of aromatic nitrogens is 1. The van der Waals surface area contributed by atoms with E-state index in [2.05, 4.69) is 10.3 Å². The fraction of sp³-hybridized carbons (Fsp3) is 0.278. The number of ketones is 1. The van der Waals surface area contributed by atoms with Crippen LogP contribution < -0.4 is 10.1 Å². The van der Waals surface area contributed by atoms with Crippen molar-refractivity contribution in [3.8, 4) is 5.75 Å². The van der Waals surface area contributed by atoms with Crippen molar-refractivity contribution in [3.63, 3.8) is 0 Å². The molecule has 0 aliphatic rings. The topological polar surface area (TPSA) is 68.3 Å². The van der Waals surface area contributed by atoms with E-state index in [1.54, 1.807) is 37.7 Å². The fourth-order valence-corrected chi connectivity index (χ4v) is 2.34. The first-order valence-corrected chi connectivity index (χ1v) is 7.38. The zero-order valence-electron chi connectivity index (χ0n) is 13.5. The maximum absolute atomic E-state index is 12.3. The van der Waals surface area contributed by atoms with Crippen molar-refractivity contribution < 1.29 is 14.3 Å². The van der Waals surface area contributed by atoms with Crippen molar-refractivity contribution >= 4 is 11.7 Å². The lowest BCUT2D eigenvalue weighted by molar-refractivity contribution is -0.121. The van der Waals surface area contributed by atoms with Gasteiger partial charge in [0.15, 0.2) is 5.78 Å². The van der Waals surface area contributed by atoms with Gasteiger partial charge in [-0.2, -0.15) is 0 Å².